The first kappa shape index (κ1) is 9.46. The van der Waals surface area contributed by atoms with Crippen LogP contribution in [0.4, 0.5) is 5.69 Å². The maximum atomic E-state index is 3.52. The van der Waals surface area contributed by atoms with Gasteiger partial charge in [0.2, 0.25) is 0 Å². The molecule has 0 atom stereocenters. The Bertz CT molecular complexity index is 529. The molecule has 0 amide bonds. The van der Waals surface area contributed by atoms with Gasteiger partial charge < -0.3 is 5.32 Å². The lowest BCUT2D eigenvalue weighted by molar-refractivity contribution is 1.12. The molecule has 0 unspecified atom stereocenters. The highest BCUT2D eigenvalue weighted by atomic mass is 14.9. The van der Waals surface area contributed by atoms with Crippen molar-refractivity contribution in [1.29, 1.82) is 0 Å². The third-order valence-corrected chi connectivity index (χ3v) is 3.23. The third-order valence-electron chi connectivity index (χ3n) is 3.23. The topological polar surface area (TPSA) is 12.0 Å². The highest BCUT2D eigenvalue weighted by Gasteiger charge is 2.11. The Morgan fingerprint density at radius 2 is 1.75 bits per heavy atom. The normalized spacial score (nSPS) is 13.3. The van der Waals surface area contributed by atoms with Crippen LogP contribution in [0.15, 0.2) is 42.5 Å². The van der Waals surface area contributed by atoms with Gasteiger partial charge in [-0.3, -0.25) is 0 Å². The first-order valence-electron chi connectivity index (χ1n) is 5.73. The lowest BCUT2D eigenvalue weighted by atomic mass is 10.00. The molecule has 2 aromatic rings. The van der Waals surface area contributed by atoms with Gasteiger partial charge in [0.1, 0.15) is 0 Å². The third kappa shape index (κ3) is 1.58. The summed E-state index contributed by atoms with van der Waals surface area (Å²) >= 11 is 0. The quantitative estimate of drug-likeness (QED) is 0.700. The Kier molecular flexibility index (Phi) is 2.17. The highest BCUT2D eigenvalue weighted by Crippen LogP contribution is 2.26. The van der Waals surface area contributed by atoms with Gasteiger partial charge in [0, 0.05) is 12.2 Å². The first-order chi connectivity index (χ1) is 7.83. The minimum absolute atomic E-state index is 0.937. The predicted octanol–water partition coefficient (Wildman–Crippen LogP) is 3.51. The van der Waals surface area contributed by atoms with E-state index in [1.807, 2.05) is 0 Å². The molecule has 0 aromatic heterocycles. The molecule has 0 saturated heterocycles. The summed E-state index contributed by atoms with van der Waals surface area (Å²) in [7, 11) is 0. The Morgan fingerprint density at radius 1 is 0.938 bits per heavy atom. The molecule has 80 valence electrons. The molecule has 2 aromatic carbocycles. The van der Waals surface area contributed by atoms with Gasteiger partial charge in [0.25, 0.3) is 0 Å². The van der Waals surface area contributed by atoms with E-state index in [0.29, 0.717) is 0 Å². The van der Waals surface area contributed by atoms with Crippen molar-refractivity contribution in [2.75, 3.05) is 5.32 Å². The maximum Gasteiger partial charge on any atom is 0.0403 e. The van der Waals surface area contributed by atoms with Gasteiger partial charge in [-0.25, -0.2) is 0 Å². The Labute approximate surface area is 96.1 Å². The first-order valence-corrected chi connectivity index (χ1v) is 5.73. The summed E-state index contributed by atoms with van der Waals surface area (Å²) in [5.74, 6) is 0. The zero-order valence-corrected chi connectivity index (χ0v) is 9.46. The molecule has 3 rings (SSSR count). The summed E-state index contributed by atoms with van der Waals surface area (Å²) in [4.78, 5) is 0. The van der Waals surface area contributed by atoms with E-state index in [4.69, 9.17) is 0 Å². The number of anilines is 1. The van der Waals surface area contributed by atoms with Gasteiger partial charge in [-0.2, -0.15) is 0 Å². The number of hydrogen-bond acceptors (Lipinski definition) is 1. The van der Waals surface area contributed by atoms with Crippen LogP contribution in [0.3, 0.4) is 0 Å². The van der Waals surface area contributed by atoms with E-state index in [2.05, 4.69) is 54.7 Å². The molecule has 1 aliphatic rings. The van der Waals surface area contributed by atoms with Gasteiger partial charge >= 0.3 is 0 Å². The van der Waals surface area contributed by atoms with E-state index in [1.54, 1.807) is 0 Å². The standard InChI is InChI=1S/C15H15N/c1-11-6-7-13-9-12-4-2-3-5-14(12)10-16-15(13)8-11/h2-8,16H,9-10H2,1H3. The van der Waals surface area contributed by atoms with Crippen molar-refractivity contribution in [1.82, 2.24) is 0 Å². The number of aryl methyl sites for hydroxylation is 1. The van der Waals surface area contributed by atoms with Crippen molar-refractivity contribution in [3.63, 3.8) is 0 Å². The zero-order valence-electron chi connectivity index (χ0n) is 9.46. The van der Waals surface area contributed by atoms with Crippen molar-refractivity contribution >= 4 is 5.69 Å². The molecule has 0 radical (unpaired) electrons. The molecule has 0 aliphatic carbocycles. The maximum absolute atomic E-state index is 3.52. The van der Waals surface area contributed by atoms with Gasteiger partial charge in [0.15, 0.2) is 0 Å². The molecular formula is C15H15N. The summed E-state index contributed by atoms with van der Waals surface area (Å²) in [5, 5.41) is 3.52. The SMILES string of the molecule is Cc1ccc2c(c1)NCc1ccccc1C2. The van der Waals surface area contributed by atoms with Crippen molar-refractivity contribution in [3.8, 4) is 0 Å². The van der Waals surface area contributed by atoms with Crippen LogP contribution >= 0.6 is 0 Å². The smallest absolute Gasteiger partial charge is 0.0403 e. The van der Waals surface area contributed by atoms with Crippen LogP contribution in [0.5, 0.6) is 0 Å². The van der Waals surface area contributed by atoms with E-state index in [1.165, 1.54) is 27.9 Å². The number of fused-ring (bicyclic) bond motifs is 2. The second kappa shape index (κ2) is 3.67. The van der Waals surface area contributed by atoms with Crippen LogP contribution in [-0.4, -0.2) is 0 Å². The van der Waals surface area contributed by atoms with Crippen molar-refractivity contribution in [3.05, 3.63) is 64.7 Å². The van der Waals surface area contributed by atoms with Crippen LogP contribution in [0.2, 0.25) is 0 Å². The molecule has 1 heterocycles. The summed E-state index contributed by atoms with van der Waals surface area (Å²) in [5.41, 5.74) is 6.86. The molecule has 16 heavy (non-hydrogen) atoms. The summed E-state index contributed by atoms with van der Waals surface area (Å²) in [6.07, 6.45) is 1.04. The van der Waals surface area contributed by atoms with Crippen molar-refractivity contribution < 1.29 is 0 Å². The minimum Gasteiger partial charge on any atom is -0.381 e. The van der Waals surface area contributed by atoms with Gasteiger partial charge in [-0.1, -0.05) is 36.4 Å². The lowest BCUT2D eigenvalue weighted by Crippen LogP contribution is -1.98. The van der Waals surface area contributed by atoms with E-state index in [-0.39, 0.29) is 0 Å². The molecular weight excluding hydrogens is 194 g/mol. The van der Waals surface area contributed by atoms with Gasteiger partial charge in [-0.05, 0) is 41.7 Å². The van der Waals surface area contributed by atoms with Crippen LogP contribution in [-0.2, 0) is 13.0 Å². The molecule has 1 N–H and O–H groups in total. The highest BCUT2D eigenvalue weighted by molar-refractivity contribution is 5.57. The Balaban J connectivity index is 2.08. The Hall–Kier alpha value is -1.76. The van der Waals surface area contributed by atoms with Crippen molar-refractivity contribution in [2.24, 2.45) is 0 Å². The molecule has 0 saturated carbocycles. The number of nitrogens with one attached hydrogen (secondary N) is 1. The number of hydrogen-bond donors (Lipinski definition) is 1. The van der Waals surface area contributed by atoms with E-state index >= 15 is 0 Å². The monoisotopic (exact) mass is 209 g/mol. The molecule has 0 bridgehead atoms. The molecule has 0 spiro atoms. The van der Waals surface area contributed by atoms with Crippen LogP contribution < -0.4 is 5.32 Å². The van der Waals surface area contributed by atoms with E-state index < -0.39 is 0 Å². The summed E-state index contributed by atoms with van der Waals surface area (Å²) in [6, 6.07) is 15.3. The number of rotatable bonds is 0. The molecule has 1 heteroatoms. The molecule has 0 fully saturated rings. The van der Waals surface area contributed by atoms with Crippen molar-refractivity contribution in [2.45, 2.75) is 19.9 Å². The predicted molar refractivity (Wildman–Crippen MR) is 67.8 cm³/mol. The fourth-order valence-electron chi connectivity index (χ4n) is 2.31. The summed E-state index contributed by atoms with van der Waals surface area (Å²) in [6.45, 7) is 3.08. The molecule has 1 nitrogen and oxygen atoms in total. The fourth-order valence-corrected chi connectivity index (χ4v) is 2.31. The summed E-state index contributed by atoms with van der Waals surface area (Å²) < 4.78 is 0. The van der Waals surface area contributed by atoms with E-state index in [9.17, 15) is 0 Å². The largest absolute Gasteiger partial charge is 0.381 e. The fraction of sp³-hybridized carbons (Fsp3) is 0.200. The number of benzene rings is 2. The van der Waals surface area contributed by atoms with E-state index in [0.717, 1.165) is 13.0 Å². The minimum atomic E-state index is 0.937. The zero-order chi connectivity index (χ0) is 11.0. The van der Waals surface area contributed by atoms with Crippen LogP contribution in [0, 0.1) is 6.92 Å². The van der Waals surface area contributed by atoms with Crippen LogP contribution in [0.25, 0.3) is 0 Å². The average Bonchev–Trinajstić information content (AvgIpc) is 2.48. The average molecular weight is 209 g/mol. The Morgan fingerprint density at radius 3 is 2.62 bits per heavy atom. The lowest BCUT2D eigenvalue weighted by Gasteiger charge is -2.07. The molecule has 1 aliphatic heterocycles. The van der Waals surface area contributed by atoms with Crippen LogP contribution in [0.1, 0.15) is 22.3 Å². The van der Waals surface area contributed by atoms with Gasteiger partial charge in [0.05, 0.1) is 0 Å². The van der Waals surface area contributed by atoms with Gasteiger partial charge in [-0.15, -0.1) is 0 Å². The second-order valence-corrected chi connectivity index (χ2v) is 4.46. The second-order valence-electron chi connectivity index (χ2n) is 4.46.